The van der Waals surface area contributed by atoms with Crippen LogP contribution in [0.4, 0.5) is 0 Å². The minimum Gasteiger partial charge on any atom is -0.493 e. The second-order valence-corrected chi connectivity index (χ2v) is 7.04. The minimum absolute atomic E-state index is 0.429. The highest BCUT2D eigenvalue weighted by atomic mass is 35.5. The van der Waals surface area contributed by atoms with Crippen molar-refractivity contribution >= 4 is 22.5 Å². The molecule has 1 aromatic heterocycles. The van der Waals surface area contributed by atoms with E-state index in [2.05, 4.69) is 11.6 Å². The number of rotatable bonds is 10. The maximum Gasteiger partial charge on any atom is 0.163 e. The van der Waals surface area contributed by atoms with E-state index in [1.165, 1.54) is 0 Å². The molecule has 0 aliphatic heterocycles. The molecule has 188 valence electrons. The topological polar surface area (TPSA) is 66.6 Å². The number of pyridine rings is 1. The number of allylic oxidation sites excluding steroid dienone is 4. The smallest absolute Gasteiger partial charge is 0.163 e. The van der Waals surface area contributed by atoms with E-state index in [4.69, 9.17) is 31.5 Å². The van der Waals surface area contributed by atoms with Crippen LogP contribution in [0.2, 0.25) is 0 Å². The highest BCUT2D eigenvalue weighted by molar-refractivity contribution is 6.17. The number of alkyl halides is 1. The zero-order chi connectivity index (χ0) is 26.1. The third-order valence-corrected chi connectivity index (χ3v) is 4.69. The van der Waals surface area contributed by atoms with Gasteiger partial charge in [-0.1, -0.05) is 64.6 Å². The first-order chi connectivity index (χ1) is 17.1. The lowest BCUT2D eigenvalue weighted by Crippen LogP contribution is -1.99. The minimum atomic E-state index is 0.429. The number of nitrogens with two attached hydrogens (primary N) is 1. The first kappa shape index (κ1) is 29.6. The fourth-order valence-electron chi connectivity index (χ4n) is 2.88. The molecule has 0 unspecified atom stereocenters. The number of nitrogens with zero attached hydrogens (tertiary/aromatic N) is 1. The molecule has 2 N–H and O–H groups in total. The second kappa shape index (κ2) is 17.1. The van der Waals surface area contributed by atoms with E-state index in [9.17, 15) is 0 Å². The van der Waals surface area contributed by atoms with Crippen molar-refractivity contribution in [3.63, 3.8) is 0 Å². The van der Waals surface area contributed by atoms with Crippen LogP contribution in [0.1, 0.15) is 39.7 Å². The lowest BCUT2D eigenvalue weighted by atomic mass is 10.1. The van der Waals surface area contributed by atoms with Crippen molar-refractivity contribution in [2.24, 2.45) is 5.73 Å². The Hall–Kier alpha value is -3.44. The number of ether oxygens (including phenoxy) is 3. The molecule has 0 saturated heterocycles. The number of aromatic nitrogens is 1. The van der Waals surface area contributed by atoms with Crippen molar-refractivity contribution in [1.29, 1.82) is 0 Å². The Bertz CT molecular complexity index is 1100. The van der Waals surface area contributed by atoms with Gasteiger partial charge >= 0.3 is 0 Å². The molecule has 0 atom stereocenters. The Morgan fingerprint density at radius 1 is 1.00 bits per heavy atom. The molecule has 3 rings (SSSR count). The standard InChI is InChI=1S/C25H25ClN2O3.2C2H6/c1-3-20(10-9-19(27)11-13-26)31-23-12-14-28-22-16-25(24(29-2)15-21(22)23)30-17-18-7-5-4-6-8-18;2*1-2/h3-10,12,14-16H,1,11,13,17,27H2,2H3;2*1-2H3/b19-9+,20-10+;;. The highest BCUT2D eigenvalue weighted by Crippen LogP contribution is 2.36. The summed E-state index contributed by atoms with van der Waals surface area (Å²) in [5.74, 6) is 2.84. The first-order valence-corrected chi connectivity index (χ1v) is 12.3. The van der Waals surface area contributed by atoms with Gasteiger partial charge in [0.2, 0.25) is 0 Å². The normalized spacial score (nSPS) is 10.9. The zero-order valence-electron chi connectivity index (χ0n) is 21.4. The lowest BCUT2D eigenvalue weighted by Gasteiger charge is -2.14. The Kier molecular flexibility index (Phi) is 14.4. The summed E-state index contributed by atoms with van der Waals surface area (Å²) in [6.07, 6.45) is 7.42. The van der Waals surface area contributed by atoms with E-state index in [-0.39, 0.29) is 0 Å². The number of fused-ring (bicyclic) bond motifs is 1. The number of benzene rings is 2. The molecule has 0 aliphatic rings. The summed E-state index contributed by atoms with van der Waals surface area (Å²) >= 11 is 5.72. The molecule has 0 spiro atoms. The maximum atomic E-state index is 6.05. The average Bonchev–Trinajstić information content (AvgIpc) is 2.92. The monoisotopic (exact) mass is 496 g/mol. The van der Waals surface area contributed by atoms with Gasteiger partial charge in [-0.15, -0.1) is 11.6 Å². The summed E-state index contributed by atoms with van der Waals surface area (Å²) in [5, 5.41) is 0.789. The Morgan fingerprint density at radius 2 is 1.71 bits per heavy atom. The van der Waals surface area contributed by atoms with Crippen LogP contribution < -0.4 is 19.9 Å². The SMILES string of the molecule is C=C/C(=C\C=C(\N)CCCl)Oc1ccnc2cc(OCc3ccccc3)c(OC)cc12.CC.CC. The molecular weight excluding hydrogens is 460 g/mol. The number of methoxy groups -OCH3 is 1. The average molecular weight is 497 g/mol. The molecule has 3 aromatic rings. The summed E-state index contributed by atoms with van der Waals surface area (Å²) < 4.78 is 17.6. The summed E-state index contributed by atoms with van der Waals surface area (Å²) in [7, 11) is 1.60. The summed E-state index contributed by atoms with van der Waals surface area (Å²) in [6.45, 7) is 12.2. The van der Waals surface area contributed by atoms with Gasteiger partial charge in [0, 0.05) is 35.6 Å². The molecule has 0 amide bonds. The summed E-state index contributed by atoms with van der Waals surface area (Å²) in [5.41, 5.74) is 8.35. The van der Waals surface area contributed by atoms with E-state index in [1.807, 2.05) is 70.2 Å². The fraction of sp³-hybridized carbons (Fsp3) is 0.276. The zero-order valence-corrected chi connectivity index (χ0v) is 22.1. The highest BCUT2D eigenvalue weighted by Gasteiger charge is 2.12. The molecule has 5 nitrogen and oxygen atoms in total. The first-order valence-electron chi connectivity index (χ1n) is 11.8. The number of hydrogen-bond donors (Lipinski definition) is 1. The molecular formula is C29H37ClN2O3. The third kappa shape index (κ3) is 9.38. The maximum absolute atomic E-state index is 6.05. The van der Waals surface area contributed by atoms with Gasteiger partial charge < -0.3 is 19.9 Å². The predicted molar refractivity (Wildman–Crippen MR) is 148 cm³/mol. The van der Waals surface area contributed by atoms with E-state index >= 15 is 0 Å². The Morgan fingerprint density at radius 3 is 2.34 bits per heavy atom. The van der Waals surface area contributed by atoms with Gasteiger partial charge in [-0.25, -0.2) is 0 Å². The summed E-state index contributed by atoms with van der Waals surface area (Å²) in [4.78, 5) is 4.46. The molecule has 2 aromatic carbocycles. The molecule has 6 heteroatoms. The van der Waals surface area contributed by atoms with Crippen molar-refractivity contribution in [3.8, 4) is 17.2 Å². The van der Waals surface area contributed by atoms with Gasteiger partial charge in [-0.05, 0) is 35.9 Å². The van der Waals surface area contributed by atoms with E-state index in [1.54, 1.807) is 37.6 Å². The Labute approximate surface area is 214 Å². The van der Waals surface area contributed by atoms with Gasteiger partial charge in [0.15, 0.2) is 11.5 Å². The lowest BCUT2D eigenvalue weighted by molar-refractivity contribution is 0.285. The van der Waals surface area contributed by atoms with Crippen LogP contribution in [0.25, 0.3) is 10.9 Å². The van der Waals surface area contributed by atoms with Crippen LogP contribution in [0.15, 0.2) is 91.0 Å². The molecule has 0 bridgehead atoms. The van der Waals surface area contributed by atoms with Crippen molar-refractivity contribution < 1.29 is 14.2 Å². The van der Waals surface area contributed by atoms with Crippen LogP contribution in [-0.2, 0) is 6.61 Å². The van der Waals surface area contributed by atoms with E-state index in [0.717, 1.165) is 16.5 Å². The van der Waals surface area contributed by atoms with Crippen molar-refractivity contribution in [2.45, 2.75) is 40.7 Å². The van der Waals surface area contributed by atoms with Gasteiger partial charge in [0.05, 0.1) is 12.6 Å². The largest absolute Gasteiger partial charge is 0.493 e. The summed E-state index contributed by atoms with van der Waals surface area (Å²) in [6, 6.07) is 15.4. The van der Waals surface area contributed by atoms with Crippen molar-refractivity contribution in [3.05, 3.63) is 96.6 Å². The van der Waals surface area contributed by atoms with Gasteiger partial charge in [0.1, 0.15) is 18.1 Å². The van der Waals surface area contributed by atoms with Crippen molar-refractivity contribution in [2.75, 3.05) is 13.0 Å². The Balaban J connectivity index is 0.00000145. The number of hydrogen-bond acceptors (Lipinski definition) is 5. The molecule has 0 fully saturated rings. The number of halogens is 1. The molecule has 0 radical (unpaired) electrons. The van der Waals surface area contributed by atoms with Crippen LogP contribution >= 0.6 is 11.6 Å². The van der Waals surface area contributed by atoms with E-state index < -0.39 is 0 Å². The van der Waals surface area contributed by atoms with Crippen LogP contribution in [0.5, 0.6) is 17.2 Å². The fourth-order valence-corrected chi connectivity index (χ4v) is 3.10. The van der Waals surface area contributed by atoms with Gasteiger partial charge in [0.25, 0.3) is 0 Å². The van der Waals surface area contributed by atoms with Crippen LogP contribution in [0.3, 0.4) is 0 Å². The van der Waals surface area contributed by atoms with Crippen LogP contribution in [-0.4, -0.2) is 18.0 Å². The second-order valence-electron chi connectivity index (χ2n) is 6.66. The quantitative estimate of drug-likeness (QED) is 0.176. The molecule has 0 saturated carbocycles. The third-order valence-electron chi connectivity index (χ3n) is 4.50. The molecule has 35 heavy (non-hydrogen) atoms. The van der Waals surface area contributed by atoms with Gasteiger partial charge in [-0.3, -0.25) is 4.98 Å². The van der Waals surface area contributed by atoms with Gasteiger partial charge in [-0.2, -0.15) is 0 Å². The van der Waals surface area contributed by atoms with E-state index in [0.29, 0.717) is 47.6 Å². The van der Waals surface area contributed by atoms with Crippen LogP contribution in [0, 0.1) is 0 Å². The molecule has 0 aliphatic carbocycles. The van der Waals surface area contributed by atoms with Crippen molar-refractivity contribution in [1.82, 2.24) is 4.98 Å². The molecule has 1 heterocycles. The predicted octanol–water partition coefficient (Wildman–Crippen LogP) is 7.80.